The molecule has 2 heterocycles. The first-order valence-electron chi connectivity index (χ1n) is 7.55. The lowest BCUT2D eigenvalue weighted by atomic mass is 10.2. The van der Waals surface area contributed by atoms with E-state index in [4.69, 9.17) is 15.2 Å². The lowest BCUT2D eigenvalue weighted by Gasteiger charge is -2.23. The van der Waals surface area contributed by atoms with Crippen molar-refractivity contribution in [3.8, 4) is 5.75 Å². The number of hydrogen-bond donors (Lipinski definition) is 2. The van der Waals surface area contributed by atoms with Crippen molar-refractivity contribution in [2.24, 2.45) is 0 Å². The summed E-state index contributed by atoms with van der Waals surface area (Å²) in [4.78, 5) is 32.8. The average Bonchev–Trinajstić information content (AvgIpc) is 2.84. The van der Waals surface area contributed by atoms with Gasteiger partial charge in [0.2, 0.25) is 0 Å². The molecule has 0 spiro atoms. The van der Waals surface area contributed by atoms with Crippen molar-refractivity contribution in [3.05, 3.63) is 18.0 Å². The number of aromatic nitrogens is 2. The van der Waals surface area contributed by atoms with E-state index in [2.05, 4.69) is 9.97 Å². The average molecular weight is 334 g/mol. The summed E-state index contributed by atoms with van der Waals surface area (Å²) in [6.07, 6.45) is 0.908. The number of nitrogens with two attached hydrogens (primary N) is 1. The fourth-order valence-corrected chi connectivity index (χ4v) is 2.05. The van der Waals surface area contributed by atoms with Gasteiger partial charge in [-0.15, -0.1) is 0 Å². The van der Waals surface area contributed by atoms with E-state index in [-0.39, 0.29) is 11.4 Å². The number of imide groups is 1. The van der Waals surface area contributed by atoms with Crippen molar-refractivity contribution in [3.63, 3.8) is 0 Å². The van der Waals surface area contributed by atoms with Gasteiger partial charge in [-0.25, -0.2) is 14.7 Å². The zero-order valence-corrected chi connectivity index (χ0v) is 14.5. The highest BCUT2D eigenvalue weighted by atomic mass is 16.6. The number of hydrogen-bond acceptors (Lipinski definition) is 6. The van der Waals surface area contributed by atoms with Crippen LogP contribution in [0.2, 0.25) is 0 Å². The Kier molecular flexibility index (Phi) is 4.68. The van der Waals surface area contributed by atoms with E-state index in [1.165, 1.54) is 7.05 Å². The van der Waals surface area contributed by atoms with Gasteiger partial charge in [-0.05, 0) is 33.8 Å². The molecule has 2 rings (SSSR count). The fourth-order valence-electron chi connectivity index (χ4n) is 2.05. The molecule has 0 radical (unpaired) electrons. The first-order valence-corrected chi connectivity index (χ1v) is 7.55. The SMILES string of the molecule is CCOc1cc2c[nH]c(N)c2nc1C(=O)N(C)C(=O)OC(C)(C)C. The third-order valence-corrected chi connectivity index (χ3v) is 3.13. The highest BCUT2D eigenvalue weighted by Gasteiger charge is 2.28. The van der Waals surface area contributed by atoms with Crippen molar-refractivity contribution in [1.82, 2.24) is 14.9 Å². The first-order chi connectivity index (χ1) is 11.1. The Bertz CT molecular complexity index is 776. The number of carbonyl (C=O) groups excluding carboxylic acids is 2. The number of rotatable bonds is 3. The number of nitrogens with zero attached hydrogens (tertiary/aromatic N) is 2. The second-order valence-electron chi connectivity index (χ2n) is 6.25. The van der Waals surface area contributed by atoms with Crippen LogP contribution in [0.15, 0.2) is 12.3 Å². The lowest BCUT2D eigenvalue weighted by Crippen LogP contribution is -2.38. The molecule has 0 aliphatic carbocycles. The summed E-state index contributed by atoms with van der Waals surface area (Å²) in [6, 6.07) is 1.66. The number of nitrogen functional groups attached to an aromatic ring is 1. The monoisotopic (exact) mass is 334 g/mol. The molecule has 2 amide bonds. The van der Waals surface area contributed by atoms with Gasteiger partial charge in [0.1, 0.15) is 16.9 Å². The van der Waals surface area contributed by atoms with Gasteiger partial charge in [-0.3, -0.25) is 4.79 Å². The minimum absolute atomic E-state index is 0.00371. The van der Waals surface area contributed by atoms with Crippen LogP contribution in [-0.2, 0) is 4.74 Å². The van der Waals surface area contributed by atoms with Crippen molar-refractivity contribution >= 4 is 28.7 Å². The highest BCUT2D eigenvalue weighted by molar-refractivity contribution is 6.05. The summed E-state index contributed by atoms with van der Waals surface area (Å²) >= 11 is 0. The summed E-state index contributed by atoms with van der Waals surface area (Å²) in [5.74, 6) is -0.0124. The van der Waals surface area contributed by atoms with Crippen LogP contribution in [0.5, 0.6) is 5.75 Å². The minimum atomic E-state index is -0.765. The van der Waals surface area contributed by atoms with Gasteiger partial charge in [-0.2, -0.15) is 0 Å². The highest BCUT2D eigenvalue weighted by Crippen LogP contribution is 2.27. The number of H-pyrrole nitrogens is 1. The molecule has 8 nitrogen and oxygen atoms in total. The molecule has 0 atom stereocenters. The molecular formula is C16H22N4O4. The van der Waals surface area contributed by atoms with E-state index in [0.717, 1.165) is 4.90 Å². The third-order valence-electron chi connectivity index (χ3n) is 3.13. The second-order valence-corrected chi connectivity index (χ2v) is 6.25. The Labute approximate surface area is 139 Å². The molecular weight excluding hydrogens is 312 g/mol. The summed E-state index contributed by atoms with van der Waals surface area (Å²) in [7, 11) is 1.33. The topological polar surface area (TPSA) is 111 Å². The fraction of sp³-hybridized carbons (Fsp3) is 0.438. The Morgan fingerprint density at radius 3 is 2.62 bits per heavy atom. The summed E-state index contributed by atoms with van der Waals surface area (Å²) in [5, 5.41) is 0.715. The predicted molar refractivity (Wildman–Crippen MR) is 90.0 cm³/mol. The maximum absolute atomic E-state index is 12.7. The van der Waals surface area contributed by atoms with E-state index >= 15 is 0 Å². The van der Waals surface area contributed by atoms with Gasteiger partial charge in [0, 0.05) is 18.6 Å². The first kappa shape index (κ1) is 17.6. The quantitative estimate of drug-likeness (QED) is 0.892. The smallest absolute Gasteiger partial charge is 0.417 e. The molecule has 0 saturated carbocycles. The standard InChI is InChI=1S/C16H22N4O4/c1-6-23-10-7-9-8-18-13(17)11(9)19-12(10)14(21)20(5)15(22)24-16(2,3)4/h7-8,18H,6,17H2,1-5H3. The van der Waals surface area contributed by atoms with E-state index < -0.39 is 17.6 Å². The van der Waals surface area contributed by atoms with E-state index in [9.17, 15) is 9.59 Å². The van der Waals surface area contributed by atoms with E-state index in [0.29, 0.717) is 23.3 Å². The van der Waals surface area contributed by atoms with E-state index in [1.54, 1.807) is 40.0 Å². The normalized spacial score (nSPS) is 11.4. The number of ether oxygens (including phenoxy) is 2. The van der Waals surface area contributed by atoms with Crippen molar-refractivity contribution in [2.75, 3.05) is 19.4 Å². The van der Waals surface area contributed by atoms with Crippen molar-refractivity contribution in [1.29, 1.82) is 0 Å². The van der Waals surface area contributed by atoms with Crippen LogP contribution in [0.1, 0.15) is 38.2 Å². The maximum atomic E-state index is 12.7. The van der Waals surface area contributed by atoms with Crippen LogP contribution >= 0.6 is 0 Å². The van der Waals surface area contributed by atoms with Gasteiger partial charge in [0.05, 0.1) is 6.61 Å². The van der Waals surface area contributed by atoms with Crippen LogP contribution in [0, 0.1) is 0 Å². The minimum Gasteiger partial charge on any atom is -0.491 e. The molecule has 130 valence electrons. The molecule has 24 heavy (non-hydrogen) atoms. The van der Waals surface area contributed by atoms with Gasteiger partial charge in [0.15, 0.2) is 11.4 Å². The number of pyridine rings is 1. The van der Waals surface area contributed by atoms with Gasteiger partial charge < -0.3 is 20.2 Å². The van der Waals surface area contributed by atoms with Crippen LogP contribution in [0.25, 0.3) is 10.9 Å². The van der Waals surface area contributed by atoms with Crippen LogP contribution in [0.4, 0.5) is 10.6 Å². The van der Waals surface area contributed by atoms with Crippen LogP contribution in [0.3, 0.4) is 0 Å². The number of fused-ring (bicyclic) bond motifs is 1. The molecule has 2 aromatic rings. The second kappa shape index (κ2) is 6.38. The molecule has 0 aliphatic heterocycles. The molecule has 0 aliphatic rings. The molecule has 0 aromatic carbocycles. The maximum Gasteiger partial charge on any atom is 0.417 e. The Hall–Kier alpha value is -2.77. The van der Waals surface area contributed by atoms with Gasteiger partial charge in [-0.1, -0.05) is 0 Å². The van der Waals surface area contributed by atoms with Gasteiger partial charge >= 0.3 is 6.09 Å². The van der Waals surface area contributed by atoms with Gasteiger partial charge in [0.25, 0.3) is 5.91 Å². The van der Waals surface area contributed by atoms with Crippen LogP contribution in [-0.4, -0.2) is 46.1 Å². The molecule has 3 N–H and O–H groups in total. The molecule has 0 unspecified atom stereocenters. The number of amides is 2. The molecule has 0 bridgehead atoms. The van der Waals surface area contributed by atoms with Crippen molar-refractivity contribution in [2.45, 2.75) is 33.3 Å². The van der Waals surface area contributed by atoms with Crippen LogP contribution < -0.4 is 10.5 Å². The summed E-state index contributed by atoms with van der Waals surface area (Å²) in [5.41, 5.74) is 5.55. The number of carbonyl (C=O) groups is 2. The Balaban J connectivity index is 2.41. The molecule has 2 aromatic heterocycles. The molecule has 8 heteroatoms. The number of nitrogens with one attached hydrogen (secondary N) is 1. The zero-order chi connectivity index (χ0) is 18.1. The largest absolute Gasteiger partial charge is 0.491 e. The third kappa shape index (κ3) is 3.58. The number of aromatic amines is 1. The Morgan fingerprint density at radius 2 is 2.04 bits per heavy atom. The lowest BCUT2D eigenvalue weighted by molar-refractivity contribution is 0.0282. The number of anilines is 1. The molecule has 0 fully saturated rings. The van der Waals surface area contributed by atoms with E-state index in [1.807, 2.05) is 0 Å². The molecule has 0 saturated heterocycles. The zero-order valence-electron chi connectivity index (χ0n) is 14.5. The van der Waals surface area contributed by atoms with Crippen molar-refractivity contribution < 1.29 is 19.1 Å². The summed E-state index contributed by atoms with van der Waals surface area (Å²) < 4.78 is 10.7. The summed E-state index contributed by atoms with van der Waals surface area (Å²) in [6.45, 7) is 7.31. The predicted octanol–water partition coefficient (Wildman–Crippen LogP) is 2.55. The Morgan fingerprint density at radius 1 is 1.38 bits per heavy atom.